The Morgan fingerprint density at radius 2 is 2.00 bits per heavy atom. The van der Waals surface area contributed by atoms with Crippen LogP contribution in [0.2, 0.25) is 0 Å². The van der Waals surface area contributed by atoms with Crippen LogP contribution in [0, 0.1) is 5.82 Å². The lowest BCUT2D eigenvalue weighted by atomic mass is 10.0. The Hall–Kier alpha value is -1.15. The first-order valence-electron chi connectivity index (χ1n) is 4.83. The lowest BCUT2D eigenvalue weighted by molar-refractivity contribution is 0.610. The predicted octanol–water partition coefficient (Wildman–Crippen LogP) is 2.66. The van der Waals surface area contributed by atoms with Crippen molar-refractivity contribution in [3.63, 3.8) is 0 Å². The zero-order chi connectivity index (χ0) is 10.4. The van der Waals surface area contributed by atoms with Gasteiger partial charge in [-0.1, -0.05) is 18.2 Å². The Labute approximate surface area is 84.4 Å². The average molecular weight is 193 g/mol. The molecule has 0 aliphatic rings. The Morgan fingerprint density at radius 1 is 1.36 bits per heavy atom. The van der Waals surface area contributed by atoms with Gasteiger partial charge in [-0.05, 0) is 37.0 Å². The minimum absolute atomic E-state index is 0.137. The summed E-state index contributed by atoms with van der Waals surface area (Å²) in [5.74, 6) is -0.201. The van der Waals surface area contributed by atoms with Crippen LogP contribution >= 0.6 is 0 Å². The molecule has 0 radical (unpaired) electrons. The van der Waals surface area contributed by atoms with Crippen molar-refractivity contribution in [2.24, 2.45) is 5.73 Å². The molecule has 1 nitrogen and oxygen atoms in total. The van der Waals surface area contributed by atoms with Gasteiger partial charge in [-0.15, -0.1) is 6.58 Å². The SMILES string of the molecule is C=CCC[C@H](N)Cc1ccc(F)cc1. The highest BCUT2D eigenvalue weighted by Crippen LogP contribution is 2.07. The van der Waals surface area contributed by atoms with Crippen molar-refractivity contribution in [2.75, 3.05) is 0 Å². The quantitative estimate of drug-likeness (QED) is 0.715. The van der Waals surface area contributed by atoms with Gasteiger partial charge in [0.15, 0.2) is 0 Å². The topological polar surface area (TPSA) is 26.0 Å². The van der Waals surface area contributed by atoms with Crippen LogP contribution in [0.1, 0.15) is 18.4 Å². The fourth-order valence-corrected chi connectivity index (χ4v) is 1.36. The molecule has 0 saturated carbocycles. The van der Waals surface area contributed by atoms with E-state index in [0.29, 0.717) is 0 Å². The molecular formula is C12H16FN. The van der Waals surface area contributed by atoms with Gasteiger partial charge in [0.1, 0.15) is 5.82 Å². The first-order valence-corrected chi connectivity index (χ1v) is 4.83. The summed E-state index contributed by atoms with van der Waals surface area (Å²) in [6, 6.07) is 6.63. The normalized spacial score (nSPS) is 12.4. The van der Waals surface area contributed by atoms with Crippen LogP contribution in [-0.2, 0) is 6.42 Å². The molecule has 0 aromatic heterocycles. The molecule has 0 amide bonds. The summed E-state index contributed by atoms with van der Waals surface area (Å²) in [5, 5.41) is 0. The fourth-order valence-electron chi connectivity index (χ4n) is 1.36. The van der Waals surface area contributed by atoms with Gasteiger partial charge in [-0.3, -0.25) is 0 Å². The van der Waals surface area contributed by atoms with Crippen molar-refractivity contribution in [3.8, 4) is 0 Å². The van der Waals surface area contributed by atoms with E-state index >= 15 is 0 Å². The number of halogens is 1. The number of hydrogen-bond donors (Lipinski definition) is 1. The van der Waals surface area contributed by atoms with E-state index in [1.807, 2.05) is 6.08 Å². The van der Waals surface area contributed by atoms with Crippen molar-refractivity contribution in [2.45, 2.75) is 25.3 Å². The Bertz CT molecular complexity index is 279. The Morgan fingerprint density at radius 3 is 2.57 bits per heavy atom. The second-order valence-electron chi connectivity index (χ2n) is 3.46. The van der Waals surface area contributed by atoms with Gasteiger partial charge in [0.25, 0.3) is 0 Å². The maximum atomic E-state index is 12.6. The number of nitrogens with two attached hydrogens (primary N) is 1. The molecule has 0 bridgehead atoms. The molecule has 14 heavy (non-hydrogen) atoms. The van der Waals surface area contributed by atoms with Gasteiger partial charge < -0.3 is 5.73 Å². The summed E-state index contributed by atoms with van der Waals surface area (Å²) < 4.78 is 12.6. The molecule has 0 fully saturated rings. The summed E-state index contributed by atoms with van der Waals surface area (Å²) in [6.45, 7) is 3.65. The van der Waals surface area contributed by atoms with E-state index in [1.54, 1.807) is 12.1 Å². The predicted molar refractivity (Wildman–Crippen MR) is 57.5 cm³/mol. The smallest absolute Gasteiger partial charge is 0.123 e. The number of benzene rings is 1. The molecule has 0 aliphatic carbocycles. The first kappa shape index (κ1) is 10.9. The molecular weight excluding hydrogens is 177 g/mol. The van der Waals surface area contributed by atoms with Gasteiger partial charge in [-0.2, -0.15) is 0 Å². The standard InChI is InChI=1S/C12H16FN/c1-2-3-4-12(14)9-10-5-7-11(13)8-6-10/h2,5-8,12H,1,3-4,9,14H2/t12-/m0/s1. The molecule has 2 heteroatoms. The van der Waals surface area contributed by atoms with E-state index in [0.717, 1.165) is 24.8 Å². The van der Waals surface area contributed by atoms with Gasteiger partial charge >= 0.3 is 0 Å². The van der Waals surface area contributed by atoms with Crippen LogP contribution in [0.3, 0.4) is 0 Å². The molecule has 1 atom stereocenters. The summed E-state index contributed by atoms with van der Waals surface area (Å²) in [4.78, 5) is 0. The van der Waals surface area contributed by atoms with E-state index in [-0.39, 0.29) is 11.9 Å². The number of hydrogen-bond acceptors (Lipinski definition) is 1. The van der Waals surface area contributed by atoms with E-state index in [9.17, 15) is 4.39 Å². The second-order valence-corrected chi connectivity index (χ2v) is 3.46. The number of rotatable bonds is 5. The van der Waals surface area contributed by atoms with E-state index in [1.165, 1.54) is 12.1 Å². The molecule has 1 aromatic carbocycles. The third-order valence-electron chi connectivity index (χ3n) is 2.15. The summed E-state index contributed by atoms with van der Waals surface area (Å²) in [6.07, 6.45) is 4.53. The molecule has 0 saturated heterocycles. The van der Waals surface area contributed by atoms with Crippen molar-refractivity contribution < 1.29 is 4.39 Å². The van der Waals surface area contributed by atoms with Crippen molar-refractivity contribution in [3.05, 3.63) is 48.3 Å². The van der Waals surface area contributed by atoms with Gasteiger partial charge in [0, 0.05) is 6.04 Å². The van der Waals surface area contributed by atoms with Crippen LogP contribution in [0.5, 0.6) is 0 Å². The van der Waals surface area contributed by atoms with Crippen LogP contribution in [0.25, 0.3) is 0 Å². The monoisotopic (exact) mass is 193 g/mol. The fraction of sp³-hybridized carbons (Fsp3) is 0.333. The molecule has 0 spiro atoms. The zero-order valence-electron chi connectivity index (χ0n) is 8.25. The molecule has 76 valence electrons. The van der Waals surface area contributed by atoms with Crippen LogP contribution < -0.4 is 5.73 Å². The Balaban J connectivity index is 2.43. The highest BCUT2D eigenvalue weighted by atomic mass is 19.1. The molecule has 1 rings (SSSR count). The van der Waals surface area contributed by atoms with Crippen molar-refractivity contribution >= 4 is 0 Å². The Kier molecular flexibility index (Phi) is 4.33. The van der Waals surface area contributed by atoms with E-state index < -0.39 is 0 Å². The third kappa shape index (κ3) is 3.71. The van der Waals surface area contributed by atoms with Crippen molar-refractivity contribution in [1.82, 2.24) is 0 Å². The van der Waals surface area contributed by atoms with E-state index in [2.05, 4.69) is 6.58 Å². The van der Waals surface area contributed by atoms with Gasteiger partial charge in [-0.25, -0.2) is 4.39 Å². The molecule has 0 heterocycles. The van der Waals surface area contributed by atoms with E-state index in [4.69, 9.17) is 5.73 Å². The minimum atomic E-state index is -0.201. The summed E-state index contributed by atoms with van der Waals surface area (Å²) >= 11 is 0. The largest absolute Gasteiger partial charge is 0.327 e. The second kappa shape index (κ2) is 5.55. The summed E-state index contributed by atoms with van der Waals surface area (Å²) in [7, 11) is 0. The highest BCUT2D eigenvalue weighted by Gasteiger charge is 2.02. The molecule has 2 N–H and O–H groups in total. The average Bonchev–Trinajstić information content (AvgIpc) is 2.18. The maximum Gasteiger partial charge on any atom is 0.123 e. The zero-order valence-corrected chi connectivity index (χ0v) is 8.25. The van der Waals surface area contributed by atoms with Gasteiger partial charge in [0.05, 0.1) is 0 Å². The third-order valence-corrected chi connectivity index (χ3v) is 2.15. The molecule has 0 aliphatic heterocycles. The van der Waals surface area contributed by atoms with Crippen molar-refractivity contribution in [1.29, 1.82) is 0 Å². The maximum absolute atomic E-state index is 12.6. The molecule has 0 unspecified atom stereocenters. The van der Waals surface area contributed by atoms with Crippen LogP contribution in [0.15, 0.2) is 36.9 Å². The van der Waals surface area contributed by atoms with Crippen LogP contribution in [0.4, 0.5) is 4.39 Å². The summed E-state index contributed by atoms with van der Waals surface area (Å²) in [5.41, 5.74) is 6.97. The number of allylic oxidation sites excluding steroid dienone is 1. The van der Waals surface area contributed by atoms with Gasteiger partial charge in [0.2, 0.25) is 0 Å². The highest BCUT2D eigenvalue weighted by molar-refractivity contribution is 5.17. The minimum Gasteiger partial charge on any atom is -0.327 e. The lowest BCUT2D eigenvalue weighted by Gasteiger charge is -2.09. The first-order chi connectivity index (χ1) is 6.72. The molecule has 1 aromatic rings. The lowest BCUT2D eigenvalue weighted by Crippen LogP contribution is -2.22. The van der Waals surface area contributed by atoms with Crippen LogP contribution in [-0.4, -0.2) is 6.04 Å².